The Morgan fingerprint density at radius 1 is 1.34 bits per heavy atom. The molecule has 162 valence electrons. The number of carbonyl (C=O) groups excluding carboxylic acids is 1. The van der Waals surface area contributed by atoms with Crippen molar-refractivity contribution in [1.82, 2.24) is 20.1 Å². The highest BCUT2D eigenvalue weighted by atomic mass is 35.5. The molecule has 2 atom stereocenters. The largest absolute Gasteiger partial charge is 0.380 e. The molecule has 1 aromatic rings. The predicted molar refractivity (Wildman–Crippen MR) is 113 cm³/mol. The van der Waals surface area contributed by atoms with Gasteiger partial charge in [0.25, 0.3) is 5.91 Å². The van der Waals surface area contributed by atoms with Crippen LogP contribution in [0.3, 0.4) is 0 Å². The average Bonchev–Trinajstić information content (AvgIpc) is 2.72. The van der Waals surface area contributed by atoms with E-state index in [1.54, 1.807) is 18.2 Å². The van der Waals surface area contributed by atoms with E-state index < -0.39 is 0 Å². The summed E-state index contributed by atoms with van der Waals surface area (Å²) in [5.41, 5.74) is 0.357. The third-order valence-electron chi connectivity index (χ3n) is 5.75. The summed E-state index contributed by atoms with van der Waals surface area (Å²) in [4.78, 5) is 21.6. The molecule has 0 bridgehead atoms. The Hall–Kier alpha value is -1.25. The number of hydrogen-bond donors (Lipinski definition) is 1. The van der Waals surface area contributed by atoms with Crippen molar-refractivity contribution in [3.63, 3.8) is 0 Å². The molecule has 0 spiro atoms. The number of nitrogens with zero attached hydrogens (tertiary/aromatic N) is 3. The second-order valence-electron chi connectivity index (χ2n) is 8.09. The molecule has 1 aromatic heterocycles. The van der Waals surface area contributed by atoms with Crippen molar-refractivity contribution in [2.75, 3.05) is 59.2 Å². The minimum atomic E-state index is -0.172. The molecule has 8 heteroatoms. The lowest BCUT2D eigenvalue weighted by atomic mass is 9.91. The molecule has 1 amide bonds. The third kappa shape index (κ3) is 6.89. The number of nitrogens with one attached hydrogen (secondary N) is 1. The Kier molecular flexibility index (Phi) is 8.68. The van der Waals surface area contributed by atoms with Gasteiger partial charge >= 0.3 is 0 Å². The van der Waals surface area contributed by atoms with Crippen molar-refractivity contribution in [1.29, 1.82) is 0 Å². The smallest absolute Gasteiger partial charge is 0.270 e. The fraction of sp³-hybridized carbons (Fsp3) is 0.714. The Bertz CT molecular complexity index is 655. The second kappa shape index (κ2) is 11.2. The topological polar surface area (TPSA) is 66.9 Å². The van der Waals surface area contributed by atoms with Crippen LogP contribution in [0.1, 0.15) is 30.8 Å². The van der Waals surface area contributed by atoms with Gasteiger partial charge in [-0.25, -0.2) is 4.98 Å². The lowest BCUT2D eigenvalue weighted by Crippen LogP contribution is -2.54. The molecule has 2 aliphatic rings. The van der Waals surface area contributed by atoms with E-state index in [4.69, 9.17) is 21.1 Å². The average molecular weight is 425 g/mol. The molecular formula is C21H33ClN4O3. The Balaban J connectivity index is 1.53. The van der Waals surface area contributed by atoms with Gasteiger partial charge in [-0.15, -0.1) is 0 Å². The first-order chi connectivity index (χ1) is 14.0. The van der Waals surface area contributed by atoms with Gasteiger partial charge in [0.05, 0.1) is 26.4 Å². The fourth-order valence-corrected chi connectivity index (χ4v) is 4.08. The fourth-order valence-electron chi connectivity index (χ4n) is 3.92. The van der Waals surface area contributed by atoms with E-state index in [0.29, 0.717) is 30.1 Å². The number of carbonyl (C=O) groups is 1. The highest BCUT2D eigenvalue weighted by Gasteiger charge is 2.32. The van der Waals surface area contributed by atoms with Crippen molar-refractivity contribution in [3.8, 4) is 0 Å². The zero-order chi connectivity index (χ0) is 20.6. The van der Waals surface area contributed by atoms with Crippen LogP contribution in [0.25, 0.3) is 0 Å². The lowest BCUT2D eigenvalue weighted by molar-refractivity contribution is 0.00229. The van der Waals surface area contributed by atoms with E-state index in [2.05, 4.69) is 33.9 Å². The highest BCUT2D eigenvalue weighted by molar-refractivity contribution is 6.29. The lowest BCUT2D eigenvalue weighted by Gasteiger charge is -2.40. The van der Waals surface area contributed by atoms with Crippen LogP contribution in [0.5, 0.6) is 0 Å². The summed E-state index contributed by atoms with van der Waals surface area (Å²) in [7, 11) is 0. The van der Waals surface area contributed by atoms with E-state index in [1.165, 1.54) is 0 Å². The van der Waals surface area contributed by atoms with Crippen molar-refractivity contribution in [2.45, 2.75) is 32.4 Å². The van der Waals surface area contributed by atoms with Crippen LogP contribution in [0.2, 0.25) is 5.15 Å². The first kappa shape index (κ1) is 22.4. The minimum absolute atomic E-state index is 0.0710. The number of morpholine rings is 1. The van der Waals surface area contributed by atoms with Crippen molar-refractivity contribution < 1.29 is 14.3 Å². The molecule has 3 heterocycles. The van der Waals surface area contributed by atoms with E-state index >= 15 is 0 Å². The summed E-state index contributed by atoms with van der Waals surface area (Å²) in [5, 5.41) is 3.50. The van der Waals surface area contributed by atoms with Gasteiger partial charge in [-0.1, -0.05) is 17.7 Å². The van der Waals surface area contributed by atoms with E-state index in [9.17, 15) is 4.79 Å². The first-order valence-electron chi connectivity index (χ1n) is 10.6. The number of aromatic nitrogens is 1. The van der Waals surface area contributed by atoms with Gasteiger partial charge in [0.2, 0.25) is 0 Å². The summed E-state index contributed by atoms with van der Waals surface area (Å²) >= 11 is 5.93. The minimum Gasteiger partial charge on any atom is -0.380 e. The maximum atomic E-state index is 12.7. The van der Waals surface area contributed by atoms with Gasteiger partial charge in [0.1, 0.15) is 10.8 Å². The van der Waals surface area contributed by atoms with Gasteiger partial charge in [-0.05, 0) is 32.4 Å². The van der Waals surface area contributed by atoms with Crippen molar-refractivity contribution in [3.05, 3.63) is 29.0 Å². The number of hydrogen-bond acceptors (Lipinski definition) is 6. The maximum absolute atomic E-state index is 12.7. The number of piperidine rings is 1. The number of amides is 1. The van der Waals surface area contributed by atoms with Gasteiger partial charge in [-0.2, -0.15) is 0 Å². The van der Waals surface area contributed by atoms with Crippen LogP contribution in [0.4, 0.5) is 0 Å². The van der Waals surface area contributed by atoms with E-state index in [0.717, 1.165) is 52.4 Å². The predicted octanol–water partition coefficient (Wildman–Crippen LogP) is 1.91. The quantitative estimate of drug-likeness (QED) is 0.508. The molecule has 0 radical (unpaired) electrons. The molecule has 2 unspecified atom stereocenters. The number of pyridine rings is 1. The molecule has 1 N–H and O–H groups in total. The van der Waals surface area contributed by atoms with Crippen LogP contribution in [-0.4, -0.2) is 91.9 Å². The van der Waals surface area contributed by atoms with Crippen LogP contribution >= 0.6 is 11.6 Å². The van der Waals surface area contributed by atoms with Gasteiger partial charge in [0, 0.05) is 50.7 Å². The van der Waals surface area contributed by atoms with E-state index in [1.807, 2.05) is 0 Å². The summed E-state index contributed by atoms with van der Waals surface area (Å²) in [6.45, 7) is 12.1. The van der Waals surface area contributed by atoms with Crippen molar-refractivity contribution in [2.24, 2.45) is 5.92 Å². The van der Waals surface area contributed by atoms with Gasteiger partial charge < -0.3 is 19.7 Å². The summed E-state index contributed by atoms with van der Waals surface area (Å²) in [6.07, 6.45) is 0.905. The normalized spacial score (nSPS) is 24.0. The molecule has 7 nitrogen and oxygen atoms in total. The Morgan fingerprint density at radius 3 is 2.86 bits per heavy atom. The molecule has 0 saturated carbocycles. The molecule has 2 aliphatic heterocycles. The number of ether oxygens (including phenoxy) is 2. The molecular weight excluding hydrogens is 392 g/mol. The number of likely N-dealkylation sites (tertiary alicyclic amines) is 1. The molecule has 0 aromatic carbocycles. The molecule has 2 saturated heterocycles. The van der Waals surface area contributed by atoms with E-state index in [-0.39, 0.29) is 17.9 Å². The Morgan fingerprint density at radius 2 is 2.14 bits per heavy atom. The monoisotopic (exact) mass is 424 g/mol. The molecule has 0 aliphatic carbocycles. The first-order valence-corrected chi connectivity index (χ1v) is 11.0. The summed E-state index contributed by atoms with van der Waals surface area (Å²) < 4.78 is 11.4. The van der Waals surface area contributed by atoms with Gasteiger partial charge in [-0.3, -0.25) is 9.69 Å². The molecule has 2 fully saturated rings. The Labute approximate surface area is 178 Å². The second-order valence-corrected chi connectivity index (χ2v) is 8.48. The number of halogens is 1. The number of rotatable bonds is 8. The summed E-state index contributed by atoms with van der Waals surface area (Å²) in [6, 6.07) is 5.67. The third-order valence-corrected chi connectivity index (χ3v) is 5.96. The van der Waals surface area contributed by atoms with Crippen LogP contribution in [-0.2, 0) is 9.47 Å². The van der Waals surface area contributed by atoms with Crippen LogP contribution in [0, 0.1) is 5.92 Å². The standard InChI is InChI=1S/C21H33ClN4O3/c1-16(2)26-7-6-18(24-21(27)19-4-3-5-20(22)23-19)17(14-26)15-29-13-10-25-8-11-28-12-9-25/h3-5,16-18H,6-15H2,1-2H3,(H,24,27). The van der Waals surface area contributed by atoms with Crippen LogP contribution in [0.15, 0.2) is 18.2 Å². The highest BCUT2D eigenvalue weighted by Crippen LogP contribution is 2.20. The molecule has 3 rings (SSSR count). The summed E-state index contributed by atoms with van der Waals surface area (Å²) in [5.74, 6) is 0.0767. The molecule has 29 heavy (non-hydrogen) atoms. The van der Waals surface area contributed by atoms with Crippen LogP contribution < -0.4 is 5.32 Å². The zero-order valence-corrected chi connectivity index (χ0v) is 18.2. The van der Waals surface area contributed by atoms with Gasteiger partial charge in [0.15, 0.2) is 0 Å². The zero-order valence-electron chi connectivity index (χ0n) is 17.5. The maximum Gasteiger partial charge on any atom is 0.270 e. The SMILES string of the molecule is CC(C)N1CCC(NC(=O)c2cccc(Cl)n2)C(COCCN2CCOCC2)C1. The van der Waals surface area contributed by atoms with Crippen molar-refractivity contribution >= 4 is 17.5 Å².